The molecule has 0 fully saturated rings. The molecule has 88 valence electrons. The highest BCUT2D eigenvalue weighted by Crippen LogP contribution is 2.31. The largest absolute Gasteiger partial charge is 0.454 e. The lowest BCUT2D eigenvalue weighted by Gasteiger charge is -2.08. The molecule has 17 heavy (non-hydrogen) atoms. The summed E-state index contributed by atoms with van der Waals surface area (Å²) in [4.78, 5) is 4.04. The number of pyridine rings is 1. The first-order valence-corrected chi connectivity index (χ1v) is 6.52. The molecule has 0 aliphatic rings. The molecule has 5 heteroatoms. The number of alkyl halides is 1. The van der Waals surface area contributed by atoms with Crippen LogP contribution >= 0.6 is 39.1 Å². The highest BCUT2D eigenvalue weighted by atomic mass is 79.9. The Hall–Kier alpha value is -0.770. The van der Waals surface area contributed by atoms with E-state index in [0.717, 1.165) is 10.0 Å². The molecule has 0 spiro atoms. The summed E-state index contributed by atoms with van der Waals surface area (Å²) in [6, 6.07) is 7.25. The second kappa shape index (κ2) is 5.71. The minimum atomic E-state index is 0.399. The van der Waals surface area contributed by atoms with Gasteiger partial charge in [0.05, 0.1) is 11.2 Å². The van der Waals surface area contributed by atoms with Crippen molar-refractivity contribution in [1.29, 1.82) is 0 Å². The molecule has 2 nitrogen and oxygen atoms in total. The van der Waals surface area contributed by atoms with Gasteiger partial charge in [-0.1, -0.05) is 27.5 Å². The van der Waals surface area contributed by atoms with Crippen molar-refractivity contribution in [2.75, 3.05) is 0 Å². The van der Waals surface area contributed by atoms with Crippen LogP contribution in [0.4, 0.5) is 0 Å². The Morgan fingerprint density at radius 3 is 2.82 bits per heavy atom. The van der Waals surface area contributed by atoms with E-state index in [9.17, 15) is 0 Å². The van der Waals surface area contributed by atoms with Crippen molar-refractivity contribution < 1.29 is 4.74 Å². The van der Waals surface area contributed by atoms with E-state index in [0.29, 0.717) is 22.4 Å². The average Bonchev–Trinajstić information content (AvgIpc) is 2.34. The minimum Gasteiger partial charge on any atom is -0.454 e. The van der Waals surface area contributed by atoms with E-state index in [4.69, 9.17) is 27.9 Å². The van der Waals surface area contributed by atoms with E-state index in [1.165, 1.54) is 0 Å². The van der Waals surface area contributed by atoms with Crippen molar-refractivity contribution in [3.8, 4) is 11.5 Å². The third-order valence-corrected chi connectivity index (χ3v) is 3.16. The van der Waals surface area contributed by atoms with Gasteiger partial charge in [-0.05, 0) is 29.8 Å². The van der Waals surface area contributed by atoms with Crippen LogP contribution < -0.4 is 4.74 Å². The number of ether oxygens (including phenoxy) is 1. The molecule has 1 aromatic heterocycles. The smallest absolute Gasteiger partial charge is 0.147 e. The van der Waals surface area contributed by atoms with Crippen molar-refractivity contribution in [3.63, 3.8) is 0 Å². The van der Waals surface area contributed by atoms with Crippen LogP contribution in [0.5, 0.6) is 11.5 Å². The summed E-state index contributed by atoms with van der Waals surface area (Å²) >= 11 is 15.1. The van der Waals surface area contributed by atoms with Crippen LogP contribution in [0.25, 0.3) is 0 Å². The summed E-state index contributed by atoms with van der Waals surface area (Å²) in [6.07, 6.45) is 3.32. The quantitative estimate of drug-likeness (QED) is 0.735. The molecule has 1 aromatic carbocycles. The normalized spacial score (nSPS) is 10.3. The average molecular weight is 333 g/mol. The van der Waals surface area contributed by atoms with Gasteiger partial charge in [0.15, 0.2) is 0 Å². The summed E-state index contributed by atoms with van der Waals surface area (Å²) < 4.78 is 6.55. The van der Waals surface area contributed by atoms with Crippen LogP contribution in [0, 0.1) is 0 Å². The molecule has 0 saturated carbocycles. The maximum Gasteiger partial charge on any atom is 0.147 e. The number of halogens is 3. The van der Waals surface area contributed by atoms with Crippen LogP contribution in [-0.2, 0) is 5.88 Å². The molecule has 2 aromatic rings. The monoisotopic (exact) mass is 331 g/mol. The highest BCUT2D eigenvalue weighted by molar-refractivity contribution is 9.10. The van der Waals surface area contributed by atoms with Crippen LogP contribution in [0.3, 0.4) is 0 Å². The molecule has 0 saturated heterocycles. The minimum absolute atomic E-state index is 0.399. The molecule has 0 aliphatic carbocycles. The third kappa shape index (κ3) is 3.35. The summed E-state index contributed by atoms with van der Waals surface area (Å²) in [7, 11) is 0. The third-order valence-electron chi connectivity index (χ3n) is 2.05. The summed E-state index contributed by atoms with van der Waals surface area (Å²) in [6.45, 7) is 0. The maximum atomic E-state index is 6.03. The van der Waals surface area contributed by atoms with Gasteiger partial charge < -0.3 is 4.74 Å². The predicted molar refractivity (Wildman–Crippen MR) is 73.0 cm³/mol. The van der Waals surface area contributed by atoms with E-state index < -0.39 is 0 Å². The van der Waals surface area contributed by atoms with Crippen molar-refractivity contribution in [3.05, 3.63) is 51.7 Å². The van der Waals surface area contributed by atoms with Gasteiger partial charge >= 0.3 is 0 Å². The Bertz CT molecular complexity index is 534. The van der Waals surface area contributed by atoms with Crippen molar-refractivity contribution in [2.24, 2.45) is 0 Å². The van der Waals surface area contributed by atoms with Gasteiger partial charge in [0, 0.05) is 16.5 Å². The van der Waals surface area contributed by atoms with Crippen molar-refractivity contribution in [2.45, 2.75) is 5.88 Å². The number of rotatable bonds is 3. The van der Waals surface area contributed by atoms with Gasteiger partial charge in [-0.25, -0.2) is 0 Å². The van der Waals surface area contributed by atoms with E-state index in [1.807, 2.05) is 12.1 Å². The van der Waals surface area contributed by atoms with Crippen LogP contribution in [0.2, 0.25) is 5.02 Å². The van der Waals surface area contributed by atoms with E-state index in [2.05, 4.69) is 20.9 Å². The molecule has 0 radical (unpaired) electrons. The zero-order valence-corrected chi connectivity index (χ0v) is 11.8. The Labute approximate surface area is 118 Å². The maximum absolute atomic E-state index is 6.03. The second-order valence-corrected chi connectivity index (χ2v) is 4.93. The van der Waals surface area contributed by atoms with Crippen LogP contribution in [-0.4, -0.2) is 4.98 Å². The van der Waals surface area contributed by atoms with Gasteiger partial charge in [-0.3, -0.25) is 4.98 Å². The molecule has 2 rings (SSSR count). The lowest BCUT2D eigenvalue weighted by Crippen LogP contribution is -1.88. The Kier molecular flexibility index (Phi) is 4.26. The SMILES string of the molecule is ClCc1cncc(Oc2cc(Br)ccc2Cl)c1. The zero-order valence-electron chi connectivity index (χ0n) is 8.66. The molecule has 0 aliphatic heterocycles. The number of benzene rings is 1. The Balaban J connectivity index is 2.27. The standard InChI is InChI=1S/C12H8BrCl2NO/c13-9-1-2-11(15)12(4-9)17-10-3-8(5-14)6-16-7-10/h1-4,6-7H,5H2. The van der Waals surface area contributed by atoms with Gasteiger partial charge in [0.25, 0.3) is 0 Å². The lowest BCUT2D eigenvalue weighted by molar-refractivity contribution is 0.479. The summed E-state index contributed by atoms with van der Waals surface area (Å²) in [5.41, 5.74) is 0.898. The van der Waals surface area contributed by atoms with Crippen molar-refractivity contribution in [1.82, 2.24) is 4.98 Å². The molecule has 1 heterocycles. The second-order valence-electron chi connectivity index (χ2n) is 3.34. The van der Waals surface area contributed by atoms with Crippen LogP contribution in [0.15, 0.2) is 41.1 Å². The van der Waals surface area contributed by atoms with E-state index >= 15 is 0 Å². The predicted octanol–water partition coefficient (Wildman–Crippen LogP) is 5.03. The van der Waals surface area contributed by atoms with Gasteiger partial charge in [-0.2, -0.15) is 0 Å². The fourth-order valence-electron chi connectivity index (χ4n) is 1.28. The molecule has 0 bridgehead atoms. The first-order valence-electron chi connectivity index (χ1n) is 4.82. The van der Waals surface area contributed by atoms with Gasteiger partial charge in [0.1, 0.15) is 11.5 Å². The fourth-order valence-corrected chi connectivity index (χ4v) is 1.92. The molecule has 0 amide bonds. The number of nitrogens with zero attached hydrogens (tertiary/aromatic N) is 1. The number of hydrogen-bond acceptors (Lipinski definition) is 2. The topological polar surface area (TPSA) is 22.1 Å². The molecule has 0 N–H and O–H groups in total. The Morgan fingerprint density at radius 2 is 2.06 bits per heavy atom. The molecule has 0 unspecified atom stereocenters. The molecular weight excluding hydrogens is 325 g/mol. The lowest BCUT2D eigenvalue weighted by atomic mass is 10.3. The highest BCUT2D eigenvalue weighted by Gasteiger charge is 2.05. The fraction of sp³-hybridized carbons (Fsp3) is 0.0833. The first kappa shape index (κ1) is 12.7. The molecule has 0 atom stereocenters. The van der Waals surface area contributed by atoms with Crippen molar-refractivity contribution >= 4 is 39.1 Å². The van der Waals surface area contributed by atoms with Gasteiger partial charge in [-0.15, -0.1) is 11.6 Å². The van der Waals surface area contributed by atoms with E-state index in [1.54, 1.807) is 24.5 Å². The van der Waals surface area contributed by atoms with Gasteiger partial charge in [0.2, 0.25) is 0 Å². The molecular formula is C12H8BrCl2NO. The van der Waals surface area contributed by atoms with E-state index in [-0.39, 0.29) is 0 Å². The van der Waals surface area contributed by atoms with Crippen LogP contribution in [0.1, 0.15) is 5.56 Å². The zero-order chi connectivity index (χ0) is 12.3. The first-order chi connectivity index (χ1) is 8.19. The number of aromatic nitrogens is 1. The summed E-state index contributed by atoms with van der Waals surface area (Å²) in [5.74, 6) is 1.59. The number of hydrogen-bond donors (Lipinski definition) is 0. The Morgan fingerprint density at radius 1 is 1.24 bits per heavy atom. The summed E-state index contributed by atoms with van der Waals surface area (Å²) in [5, 5.41) is 0.546.